The van der Waals surface area contributed by atoms with Gasteiger partial charge in [0.15, 0.2) is 0 Å². The van der Waals surface area contributed by atoms with Crippen LogP contribution in [0.4, 0.5) is 0 Å². The summed E-state index contributed by atoms with van der Waals surface area (Å²) in [5, 5.41) is 25.4. The molecule has 35 heteroatoms. The zero-order valence-corrected chi connectivity index (χ0v) is 60.2. The minimum absolute atomic E-state index is 0.0287. The largest absolute Gasteiger partial charge is 0.355 e. The van der Waals surface area contributed by atoms with E-state index in [9.17, 15) is 57.5 Å². The van der Waals surface area contributed by atoms with Gasteiger partial charge in [-0.3, -0.25) is 57.5 Å². The summed E-state index contributed by atoms with van der Waals surface area (Å²) in [7, 11) is 0. The van der Waals surface area contributed by atoms with Crippen LogP contribution in [0.2, 0.25) is 0 Å². The standard InChI is InChI=1S/C65H131N23O12/c66-19-1-4-54(89)7-37-84(42-12-59(94)76-29-23-70)49-33-80-64(99)17-47-88(48-18-65(100)81-34-50-85(38-8-55(90)5-2-20-67)43-13-60(95)77-30-24-71)53-52-87(39-9-56(91)6-3-36-83(40-10-57(92)74-27-21-68)41-11-58(93)75-28-22-69)46-16-63(98)82-35-51-86(44-14-61(96)78-31-25-72)45-15-62(97)79-32-26-73/h1-53,66-73H2,(H,74,92)(H,75,93)(H,76,94)(H,77,95)(H,78,96)(H,79,97)(H,80,99)(H,81,100)(H,82,98). The molecule has 0 aromatic rings. The first kappa shape index (κ1) is 93.7. The smallest absolute Gasteiger partial charge is 0.221 e. The van der Waals surface area contributed by atoms with Gasteiger partial charge in [0.05, 0.1) is 0 Å². The number of amides is 9. The van der Waals surface area contributed by atoms with Crippen molar-refractivity contribution < 1.29 is 57.5 Å². The molecule has 0 aromatic heterocycles. The van der Waals surface area contributed by atoms with Gasteiger partial charge >= 0.3 is 0 Å². The van der Waals surface area contributed by atoms with Crippen LogP contribution in [-0.4, -0.2) is 329 Å². The van der Waals surface area contributed by atoms with Crippen molar-refractivity contribution in [3.63, 3.8) is 0 Å². The molecule has 0 aliphatic carbocycles. The Morgan fingerprint density at radius 2 is 0.340 bits per heavy atom. The molecule has 0 spiro atoms. The van der Waals surface area contributed by atoms with Crippen molar-refractivity contribution in [2.45, 2.75) is 116 Å². The van der Waals surface area contributed by atoms with Gasteiger partial charge in [-0.05, 0) is 38.9 Å². The third kappa shape index (κ3) is 57.3. The first-order valence-corrected chi connectivity index (χ1v) is 36.1. The second-order valence-corrected chi connectivity index (χ2v) is 24.4. The minimum atomic E-state index is -0.283. The minimum Gasteiger partial charge on any atom is -0.355 e. The SMILES string of the molecule is NCCCC(=O)CCN(CCNC(=O)CCN(CCC(=O)NCCN(CCC(=O)CCCN)CCC(=O)NCCN)CCN(CCC(=O)CCCN(CCC(=O)NCCN)CCC(=O)NCCN)CCC(=O)NCCN(CCC(=O)NCCN)CCC(=O)NCCN)CCC(=O)NCCN. The van der Waals surface area contributed by atoms with Crippen LogP contribution < -0.4 is 93.7 Å². The molecule has 0 saturated heterocycles. The molecular formula is C65H131N23O12. The summed E-state index contributed by atoms with van der Waals surface area (Å²) in [5.74, 6) is -1.94. The molecule has 578 valence electrons. The van der Waals surface area contributed by atoms with Gasteiger partial charge in [-0.1, -0.05) is 0 Å². The number of hydrogen-bond acceptors (Lipinski definition) is 26. The summed E-state index contributed by atoms with van der Waals surface area (Å²) in [6.45, 7) is 10.9. The van der Waals surface area contributed by atoms with Gasteiger partial charge in [-0.15, -0.1) is 0 Å². The predicted molar refractivity (Wildman–Crippen MR) is 386 cm³/mol. The van der Waals surface area contributed by atoms with Crippen LogP contribution in [0, 0.1) is 0 Å². The van der Waals surface area contributed by atoms with E-state index >= 15 is 0 Å². The number of nitrogens with zero attached hydrogens (tertiary/aromatic N) is 6. The average molecular weight is 1430 g/mol. The second-order valence-electron chi connectivity index (χ2n) is 24.4. The molecule has 0 heterocycles. The highest BCUT2D eigenvalue weighted by Crippen LogP contribution is 2.08. The molecular weight excluding hydrogens is 1290 g/mol. The van der Waals surface area contributed by atoms with Crippen molar-refractivity contribution >= 4 is 70.5 Å². The van der Waals surface area contributed by atoms with Crippen LogP contribution in [0.15, 0.2) is 0 Å². The third-order valence-corrected chi connectivity index (χ3v) is 16.0. The third-order valence-electron chi connectivity index (χ3n) is 16.0. The topological polar surface area (TPSA) is 541 Å². The summed E-state index contributed by atoms with van der Waals surface area (Å²) in [4.78, 5) is 167. The number of carbonyl (C=O) groups excluding carboxylic acids is 12. The van der Waals surface area contributed by atoms with Crippen molar-refractivity contribution in [2.24, 2.45) is 45.9 Å². The predicted octanol–water partition coefficient (Wildman–Crippen LogP) is -7.76. The van der Waals surface area contributed by atoms with Crippen molar-refractivity contribution in [2.75, 3.05) is 229 Å². The Labute approximate surface area is 593 Å². The zero-order chi connectivity index (χ0) is 74.2. The van der Waals surface area contributed by atoms with Crippen LogP contribution in [0.25, 0.3) is 0 Å². The summed E-state index contributed by atoms with van der Waals surface area (Å²) in [5.41, 5.74) is 44.7. The highest BCUT2D eigenvalue weighted by Gasteiger charge is 2.20. The molecule has 35 nitrogen and oxygen atoms in total. The Morgan fingerprint density at radius 1 is 0.170 bits per heavy atom. The number of nitrogens with two attached hydrogens (primary N) is 8. The molecule has 0 aliphatic rings. The summed E-state index contributed by atoms with van der Waals surface area (Å²) in [6.07, 6.45) is 4.16. The summed E-state index contributed by atoms with van der Waals surface area (Å²) >= 11 is 0. The molecule has 0 bridgehead atoms. The second kappa shape index (κ2) is 64.8. The van der Waals surface area contributed by atoms with E-state index in [0.717, 1.165) is 0 Å². The van der Waals surface area contributed by atoms with Crippen molar-refractivity contribution in [1.29, 1.82) is 0 Å². The number of nitrogens with one attached hydrogen (secondary N) is 9. The normalized spacial score (nSPS) is 11.3. The molecule has 9 amide bonds. The molecule has 25 N–H and O–H groups in total. The van der Waals surface area contributed by atoms with E-state index in [4.69, 9.17) is 45.9 Å². The Bertz CT molecular complexity index is 1890. The monoisotopic (exact) mass is 1430 g/mol. The fourth-order valence-corrected chi connectivity index (χ4v) is 10.1. The molecule has 0 atom stereocenters. The summed E-state index contributed by atoms with van der Waals surface area (Å²) < 4.78 is 0. The Balaban J connectivity index is 6.81. The number of rotatable bonds is 70. The molecule has 0 aliphatic heterocycles. The van der Waals surface area contributed by atoms with Gasteiger partial charge in [0, 0.05) is 306 Å². The Hall–Kier alpha value is -6.32. The van der Waals surface area contributed by atoms with Gasteiger partial charge in [-0.2, -0.15) is 0 Å². The van der Waals surface area contributed by atoms with Crippen LogP contribution in [0.5, 0.6) is 0 Å². The molecule has 0 unspecified atom stereocenters. The van der Waals surface area contributed by atoms with Crippen LogP contribution in [0.3, 0.4) is 0 Å². The Kier molecular flexibility index (Phi) is 60.7. The number of Topliss-reactive ketones (excluding diaryl/α,β-unsaturated/α-hetero) is 3. The lowest BCUT2D eigenvalue weighted by Gasteiger charge is -2.28. The fraction of sp³-hybridized carbons (Fsp3) is 0.815. The van der Waals surface area contributed by atoms with Crippen LogP contribution in [-0.2, 0) is 57.5 Å². The van der Waals surface area contributed by atoms with E-state index in [1.54, 1.807) is 0 Å². The molecule has 0 radical (unpaired) electrons. The van der Waals surface area contributed by atoms with Gasteiger partial charge in [0.2, 0.25) is 53.2 Å². The lowest BCUT2D eigenvalue weighted by atomic mass is 10.1. The van der Waals surface area contributed by atoms with Crippen LogP contribution >= 0.6 is 0 Å². The number of ketones is 3. The van der Waals surface area contributed by atoms with Gasteiger partial charge < -0.3 is 123 Å². The van der Waals surface area contributed by atoms with Crippen LogP contribution in [0.1, 0.15) is 116 Å². The Morgan fingerprint density at radius 3 is 0.540 bits per heavy atom. The lowest BCUT2D eigenvalue weighted by Crippen LogP contribution is -2.42. The van der Waals surface area contributed by atoms with E-state index in [1.807, 2.05) is 29.4 Å². The maximum Gasteiger partial charge on any atom is 0.221 e. The average Bonchev–Trinajstić information content (AvgIpc) is 1.08. The number of carbonyl (C=O) groups is 12. The molecule has 0 aromatic carbocycles. The highest BCUT2D eigenvalue weighted by molar-refractivity contribution is 5.81. The summed E-state index contributed by atoms with van der Waals surface area (Å²) in [6, 6.07) is 0. The van der Waals surface area contributed by atoms with Gasteiger partial charge in [-0.25, -0.2) is 0 Å². The maximum atomic E-state index is 13.8. The molecule has 100 heavy (non-hydrogen) atoms. The lowest BCUT2D eigenvalue weighted by molar-refractivity contribution is -0.123. The van der Waals surface area contributed by atoms with E-state index in [-0.39, 0.29) is 239 Å². The van der Waals surface area contributed by atoms with Gasteiger partial charge in [0.25, 0.3) is 0 Å². The van der Waals surface area contributed by atoms with E-state index in [1.165, 1.54) is 0 Å². The van der Waals surface area contributed by atoms with E-state index < -0.39 is 0 Å². The number of hydrogen-bond donors (Lipinski definition) is 17. The molecule has 0 fully saturated rings. The van der Waals surface area contributed by atoms with Gasteiger partial charge in [0.1, 0.15) is 17.3 Å². The van der Waals surface area contributed by atoms with Crippen molar-refractivity contribution in [3.05, 3.63) is 0 Å². The van der Waals surface area contributed by atoms with E-state index in [2.05, 4.69) is 47.9 Å². The molecule has 0 saturated carbocycles. The fourth-order valence-electron chi connectivity index (χ4n) is 10.1. The first-order valence-electron chi connectivity index (χ1n) is 36.1. The maximum absolute atomic E-state index is 13.8. The van der Waals surface area contributed by atoms with Crippen molar-refractivity contribution in [3.8, 4) is 0 Å². The quantitative estimate of drug-likeness (QED) is 0.0269. The first-order chi connectivity index (χ1) is 48.2. The zero-order valence-electron chi connectivity index (χ0n) is 60.2. The molecule has 0 rings (SSSR count). The highest BCUT2D eigenvalue weighted by atomic mass is 16.2. The van der Waals surface area contributed by atoms with E-state index in [0.29, 0.717) is 176 Å². The van der Waals surface area contributed by atoms with Crippen molar-refractivity contribution in [1.82, 2.24) is 77.3 Å².